The van der Waals surface area contributed by atoms with E-state index in [1.54, 1.807) is 30.7 Å². The molecule has 1 amide bonds. The van der Waals surface area contributed by atoms with Gasteiger partial charge < -0.3 is 15.0 Å². The normalized spacial score (nSPS) is 10.7. The zero-order valence-electron chi connectivity index (χ0n) is 12.9. The number of H-pyrrole nitrogens is 1. The number of nitrogens with zero attached hydrogens (tertiary/aromatic N) is 1. The van der Waals surface area contributed by atoms with Gasteiger partial charge in [0.2, 0.25) is 5.91 Å². The maximum atomic E-state index is 12.3. The summed E-state index contributed by atoms with van der Waals surface area (Å²) in [6.45, 7) is -0.0190. The first-order chi connectivity index (χ1) is 11.6. The Morgan fingerprint density at radius 3 is 2.71 bits per heavy atom. The van der Waals surface area contributed by atoms with Crippen LogP contribution in [0.5, 0.6) is 5.75 Å². The van der Waals surface area contributed by atoms with Crippen molar-refractivity contribution in [3.05, 3.63) is 62.1 Å². The maximum Gasteiger partial charge on any atom is 0.329 e. The largest absolute Gasteiger partial charge is 0.497 e. The van der Waals surface area contributed by atoms with E-state index in [0.29, 0.717) is 16.8 Å². The molecule has 0 saturated carbocycles. The van der Waals surface area contributed by atoms with Crippen LogP contribution in [0.15, 0.2) is 45.3 Å². The van der Waals surface area contributed by atoms with E-state index >= 15 is 0 Å². The Hall–Kier alpha value is -2.87. The van der Waals surface area contributed by atoms with Crippen molar-refractivity contribution in [2.75, 3.05) is 7.11 Å². The van der Waals surface area contributed by atoms with E-state index in [1.165, 1.54) is 11.3 Å². The molecule has 0 aliphatic carbocycles. The second-order valence-electron chi connectivity index (χ2n) is 5.11. The fraction of sp³-hybridized carbons (Fsp3) is 0.188. The summed E-state index contributed by atoms with van der Waals surface area (Å²) in [4.78, 5) is 38.8. The second-order valence-corrected chi connectivity index (χ2v) is 6.03. The van der Waals surface area contributed by atoms with Crippen LogP contribution in [0.3, 0.4) is 0 Å². The van der Waals surface area contributed by atoms with Crippen LogP contribution in [-0.2, 0) is 17.9 Å². The number of thiophene rings is 1. The van der Waals surface area contributed by atoms with Gasteiger partial charge in [-0.2, -0.15) is 0 Å². The Balaban J connectivity index is 1.70. The van der Waals surface area contributed by atoms with Crippen molar-refractivity contribution in [1.82, 2.24) is 14.9 Å². The van der Waals surface area contributed by atoms with E-state index in [1.807, 2.05) is 12.1 Å². The molecule has 0 radical (unpaired) electrons. The zero-order valence-corrected chi connectivity index (χ0v) is 13.7. The number of carbonyl (C=O) groups is 1. The highest BCUT2D eigenvalue weighted by Gasteiger charge is 2.12. The minimum atomic E-state index is -0.592. The van der Waals surface area contributed by atoms with Gasteiger partial charge in [0, 0.05) is 6.54 Å². The fourth-order valence-corrected chi connectivity index (χ4v) is 3.06. The molecule has 2 N–H and O–H groups in total. The monoisotopic (exact) mass is 345 g/mol. The molecule has 0 bridgehead atoms. The summed E-state index contributed by atoms with van der Waals surface area (Å²) >= 11 is 1.23. The van der Waals surface area contributed by atoms with Crippen molar-refractivity contribution in [3.63, 3.8) is 0 Å². The lowest BCUT2D eigenvalue weighted by molar-refractivity contribution is -0.121. The summed E-state index contributed by atoms with van der Waals surface area (Å²) in [5, 5.41) is 4.41. The number of methoxy groups -OCH3 is 1. The summed E-state index contributed by atoms with van der Waals surface area (Å²) in [6, 6.07) is 8.91. The molecule has 24 heavy (non-hydrogen) atoms. The molecular formula is C16H15N3O4S. The quantitative estimate of drug-likeness (QED) is 0.723. The number of carbonyl (C=O) groups excluding carboxylic acids is 1. The molecule has 0 atom stereocenters. The molecule has 2 aromatic heterocycles. The number of hydrogen-bond donors (Lipinski definition) is 2. The predicted molar refractivity (Wildman–Crippen MR) is 91.5 cm³/mol. The van der Waals surface area contributed by atoms with E-state index in [-0.39, 0.29) is 6.54 Å². The molecule has 3 rings (SSSR count). The number of rotatable bonds is 5. The molecule has 0 fully saturated rings. The van der Waals surface area contributed by atoms with Gasteiger partial charge in [-0.1, -0.05) is 12.1 Å². The van der Waals surface area contributed by atoms with Crippen LogP contribution in [0, 0.1) is 0 Å². The summed E-state index contributed by atoms with van der Waals surface area (Å²) in [5.41, 5.74) is 0.331. The fourth-order valence-electron chi connectivity index (χ4n) is 2.26. The van der Waals surface area contributed by atoms with Crippen LogP contribution in [0.25, 0.3) is 10.2 Å². The van der Waals surface area contributed by atoms with Crippen LogP contribution < -0.4 is 21.3 Å². The highest BCUT2D eigenvalue weighted by molar-refractivity contribution is 7.17. The first-order valence-corrected chi connectivity index (χ1v) is 8.06. The van der Waals surface area contributed by atoms with Crippen LogP contribution in [0.4, 0.5) is 0 Å². The summed E-state index contributed by atoms with van der Waals surface area (Å²) in [5.74, 6) is 0.321. The second kappa shape index (κ2) is 6.71. The molecule has 0 aliphatic heterocycles. The van der Waals surface area contributed by atoms with Gasteiger partial charge >= 0.3 is 5.69 Å². The third-order valence-corrected chi connectivity index (χ3v) is 4.44. The molecule has 0 unspecified atom stereocenters. The minimum absolute atomic E-state index is 0.302. The number of aromatic amines is 1. The molecular weight excluding hydrogens is 330 g/mol. The number of nitrogens with one attached hydrogen (secondary N) is 2. The Morgan fingerprint density at radius 1 is 1.25 bits per heavy atom. The number of ether oxygens (including phenoxy) is 1. The molecule has 0 spiro atoms. The van der Waals surface area contributed by atoms with E-state index < -0.39 is 17.2 Å². The molecule has 1 aromatic carbocycles. The van der Waals surface area contributed by atoms with Gasteiger partial charge in [-0.15, -0.1) is 11.3 Å². The highest BCUT2D eigenvalue weighted by atomic mass is 32.1. The third-order valence-electron chi connectivity index (χ3n) is 3.54. The van der Waals surface area contributed by atoms with Crippen molar-refractivity contribution in [3.8, 4) is 5.75 Å². The molecule has 7 nitrogen and oxygen atoms in total. The average molecular weight is 345 g/mol. The summed E-state index contributed by atoms with van der Waals surface area (Å²) in [6.07, 6.45) is 0. The molecule has 0 saturated heterocycles. The number of fused-ring (bicyclic) bond motifs is 1. The van der Waals surface area contributed by atoms with E-state index in [0.717, 1.165) is 15.9 Å². The Bertz CT molecular complexity index is 985. The Labute approximate surface area is 140 Å². The van der Waals surface area contributed by atoms with E-state index in [9.17, 15) is 14.4 Å². The van der Waals surface area contributed by atoms with Gasteiger partial charge in [0.1, 0.15) is 17.0 Å². The van der Waals surface area contributed by atoms with Crippen LogP contribution >= 0.6 is 11.3 Å². The lowest BCUT2D eigenvalue weighted by Crippen LogP contribution is -2.40. The van der Waals surface area contributed by atoms with Crippen molar-refractivity contribution in [2.45, 2.75) is 13.1 Å². The number of amides is 1. The van der Waals surface area contributed by atoms with E-state index in [4.69, 9.17) is 4.74 Å². The van der Waals surface area contributed by atoms with Gasteiger partial charge in [0.15, 0.2) is 0 Å². The first-order valence-electron chi connectivity index (χ1n) is 7.18. The molecule has 0 aliphatic rings. The van der Waals surface area contributed by atoms with Crippen molar-refractivity contribution in [2.24, 2.45) is 0 Å². The van der Waals surface area contributed by atoms with Gasteiger partial charge in [0.05, 0.1) is 12.6 Å². The smallest absolute Gasteiger partial charge is 0.329 e. The molecule has 8 heteroatoms. The van der Waals surface area contributed by atoms with Crippen molar-refractivity contribution < 1.29 is 9.53 Å². The number of hydrogen-bond acceptors (Lipinski definition) is 5. The zero-order chi connectivity index (χ0) is 17.1. The average Bonchev–Trinajstić information content (AvgIpc) is 3.05. The van der Waals surface area contributed by atoms with Crippen molar-refractivity contribution in [1.29, 1.82) is 0 Å². The number of aromatic nitrogens is 2. The van der Waals surface area contributed by atoms with Gasteiger partial charge in [-0.05, 0) is 29.1 Å². The van der Waals surface area contributed by atoms with Crippen LogP contribution in [0.2, 0.25) is 0 Å². The topological polar surface area (TPSA) is 93.2 Å². The SMILES string of the molecule is COc1ccc(CNC(=O)Cn2c(=O)[nH]c3ccsc3c2=O)cc1. The van der Waals surface area contributed by atoms with Gasteiger partial charge in [-0.25, -0.2) is 9.36 Å². The first kappa shape index (κ1) is 16.0. The molecule has 124 valence electrons. The Morgan fingerprint density at radius 2 is 2.00 bits per heavy atom. The summed E-state index contributed by atoms with van der Waals surface area (Å²) in [7, 11) is 1.58. The lowest BCUT2D eigenvalue weighted by Gasteiger charge is -2.07. The predicted octanol–water partition coefficient (Wildman–Crippen LogP) is 1.08. The van der Waals surface area contributed by atoms with Crippen LogP contribution in [-0.4, -0.2) is 22.6 Å². The summed E-state index contributed by atoms with van der Waals surface area (Å²) < 4.78 is 6.40. The highest BCUT2D eigenvalue weighted by Crippen LogP contribution is 2.12. The van der Waals surface area contributed by atoms with Gasteiger partial charge in [0.25, 0.3) is 5.56 Å². The molecule has 2 heterocycles. The lowest BCUT2D eigenvalue weighted by atomic mass is 10.2. The van der Waals surface area contributed by atoms with Crippen molar-refractivity contribution >= 4 is 27.5 Å². The maximum absolute atomic E-state index is 12.3. The van der Waals surface area contributed by atoms with Gasteiger partial charge in [-0.3, -0.25) is 9.59 Å². The molecule has 3 aromatic rings. The number of benzene rings is 1. The minimum Gasteiger partial charge on any atom is -0.497 e. The van der Waals surface area contributed by atoms with Crippen LogP contribution in [0.1, 0.15) is 5.56 Å². The Kier molecular flexibility index (Phi) is 4.48. The standard InChI is InChI=1S/C16H15N3O4S/c1-23-11-4-2-10(3-5-11)8-17-13(20)9-19-15(21)14-12(6-7-24-14)18-16(19)22/h2-7H,8-9H2,1H3,(H,17,20)(H,18,22). The third kappa shape index (κ3) is 3.23. The van der Waals surface area contributed by atoms with E-state index in [2.05, 4.69) is 10.3 Å².